The second kappa shape index (κ2) is 4.43. The maximum Gasteiger partial charge on any atom is 0.133 e. The Morgan fingerprint density at radius 2 is 1.63 bits per heavy atom. The molecule has 0 spiro atoms. The number of hydrogen-bond donors (Lipinski definition) is 2. The van der Waals surface area contributed by atoms with Crippen LogP contribution in [0.4, 0.5) is 0 Å². The van der Waals surface area contributed by atoms with Gasteiger partial charge >= 0.3 is 0 Å². The van der Waals surface area contributed by atoms with Crippen molar-refractivity contribution in [3.8, 4) is 0 Å². The number of carbonyl (C=O) groups is 1. The molecule has 0 saturated heterocycles. The van der Waals surface area contributed by atoms with Crippen molar-refractivity contribution in [1.29, 1.82) is 0 Å². The zero-order valence-corrected chi connectivity index (χ0v) is 11.2. The van der Waals surface area contributed by atoms with Crippen LogP contribution >= 0.6 is 0 Å². The predicted molar refractivity (Wildman–Crippen MR) is 73.8 cm³/mol. The van der Waals surface area contributed by atoms with Gasteiger partial charge in [0.25, 0.3) is 0 Å². The maximum atomic E-state index is 11.4. The summed E-state index contributed by atoms with van der Waals surface area (Å²) in [6.45, 7) is 0.479. The highest BCUT2D eigenvalue weighted by atomic mass is 16.3. The molecule has 3 N–H and O–H groups in total. The fourth-order valence-electron chi connectivity index (χ4n) is 3.83. The van der Waals surface area contributed by atoms with Crippen LogP contribution in [0.2, 0.25) is 0 Å². The van der Waals surface area contributed by atoms with E-state index in [0.717, 1.165) is 12.8 Å². The largest absolute Gasteiger partial charge is 0.389 e. The fourth-order valence-corrected chi connectivity index (χ4v) is 3.83. The van der Waals surface area contributed by atoms with Crippen LogP contribution in [0.25, 0.3) is 0 Å². The lowest BCUT2D eigenvalue weighted by Gasteiger charge is -2.46. The molecule has 3 heteroatoms. The number of benzene rings is 1. The van der Waals surface area contributed by atoms with Gasteiger partial charge in [-0.05, 0) is 36.8 Å². The molecule has 2 aliphatic rings. The van der Waals surface area contributed by atoms with Crippen LogP contribution < -0.4 is 5.73 Å². The third-order valence-electron chi connectivity index (χ3n) is 5.19. The topological polar surface area (TPSA) is 63.3 Å². The predicted octanol–water partition coefficient (Wildman–Crippen LogP) is 1.60. The van der Waals surface area contributed by atoms with E-state index < -0.39 is 5.60 Å². The smallest absolute Gasteiger partial charge is 0.133 e. The first-order chi connectivity index (χ1) is 9.09. The van der Waals surface area contributed by atoms with Crippen LogP contribution in [0.15, 0.2) is 24.3 Å². The molecule has 1 fully saturated rings. The molecular weight excluding hydrogens is 238 g/mol. The van der Waals surface area contributed by atoms with Gasteiger partial charge < -0.3 is 10.8 Å². The van der Waals surface area contributed by atoms with E-state index in [1.54, 1.807) is 0 Å². The molecule has 1 saturated carbocycles. The van der Waals surface area contributed by atoms with Crippen molar-refractivity contribution < 1.29 is 9.90 Å². The molecule has 2 aliphatic carbocycles. The molecule has 19 heavy (non-hydrogen) atoms. The Morgan fingerprint density at radius 3 is 2.11 bits per heavy atom. The number of ketones is 1. The van der Waals surface area contributed by atoms with E-state index in [9.17, 15) is 9.90 Å². The Kier molecular flexibility index (Phi) is 2.99. The molecule has 0 bridgehead atoms. The molecule has 1 aromatic rings. The lowest BCUT2D eigenvalue weighted by atomic mass is 9.63. The third kappa shape index (κ3) is 1.92. The number of nitrogens with two attached hydrogens (primary N) is 1. The van der Waals surface area contributed by atoms with Gasteiger partial charge in [0.05, 0.1) is 5.60 Å². The molecule has 3 rings (SSSR count). The number of Topliss-reactive ketones (excluding diaryl/α,β-unsaturated/α-hetero) is 1. The number of carbonyl (C=O) groups excluding carboxylic acids is 1. The maximum absolute atomic E-state index is 11.4. The summed E-state index contributed by atoms with van der Waals surface area (Å²) in [5, 5.41) is 11.1. The number of hydrogen-bond acceptors (Lipinski definition) is 3. The van der Waals surface area contributed by atoms with E-state index in [-0.39, 0.29) is 11.2 Å². The second-order valence-corrected chi connectivity index (χ2v) is 6.18. The summed E-state index contributed by atoms with van der Waals surface area (Å²) in [6, 6.07) is 8.34. The van der Waals surface area contributed by atoms with Gasteiger partial charge in [-0.25, -0.2) is 0 Å². The van der Waals surface area contributed by atoms with Gasteiger partial charge in [0, 0.05) is 24.8 Å². The van der Waals surface area contributed by atoms with Crippen LogP contribution in [-0.4, -0.2) is 23.0 Å². The summed E-state index contributed by atoms with van der Waals surface area (Å²) >= 11 is 0. The van der Waals surface area contributed by atoms with Crippen molar-refractivity contribution in [3.63, 3.8) is 0 Å². The Hall–Kier alpha value is -1.19. The SMILES string of the molecule is NCC1(C2(O)CCC(=O)CC2)Cc2ccccc2C1. The first-order valence-electron chi connectivity index (χ1n) is 7.10. The highest BCUT2D eigenvalue weighted by Gasteiger charge is 2.53. The van der Waals surface area contributed by atoms with Crippen molar-refractivity contribution in [2.45, 2.75) is 44.1 Å². The first kappa shape index (κ1) is 12.8. The van der Waals surface area contributed by atoms with Gasteiger partial charge in [-0.1, -0.05) is 24.3 Å². The van der Waals surface area contributed by atoms with Crippen molar-refractivity contribution in [3.05, 3.63) is 35.4 Å². The minimum atomic E-state index is -0.783. The van der Waals surface area contributed by atoms with Crippen LogP contribution in [0.3, 0.4) is 0 Å². The Balaban J connectivity index is 1.92. The van der Waals surface area contributed by atoms with E-state index in [1.807, 2.05) is 12.1 Å². The van der Waals surface area contributed by atoms with E-state index in [2.05, 4.69) is 12.1 Å². The monoisotopic (exact) mass is 259 g/mol. The van der Waals surface area contributed by atoms with Gasteiger partial charge in [0.2, 0.25) is 0 Å². The standard InChI is InChI=1S/C16H21NO2/c17-11-15(16(19)7-5-14(18)6-8-16)9-12-3-1-2-4-13(12)10-15/h1-4,19H,5-11,17H2. The number of aliphatic hydroxyl groups is 1. The minimum Gasteiger partial charge on any atom is -0.389 e. The van der Waals surface area contributed by atoms with Crippen molar-refractivity contribution >= 4 is 5.78 Å². The number of fused-ring (bicyclic) bond motifs is 1. The molecule has 0 heterocycles. The minimum absolute atomic E-state index is 0.271. The lowest BCUT2D eigenvalue weighted by molar-refractivity contribution is -0.136. The van der Waals surface area contributed by atoms with Gasteiger partial charge in [0.1, 0.15) is 5.78 Å². The van der Waals surface area contributed by atoms with Crippen LogP contribution in [0.5, 0.6) is 0 Å². The van der Waals surface area contributed by atoms with Crippen molar-refractivity contribution in [2.24, 2.45) is 11.1 Å². The van der Waals surface area contributed by atoms with E-state index in [0.29, 0.717) is 32.2 Å². The van der Waals surface area contributed by atoms with E-state index in [4.69, 9.17) is 5.73 Å². The Morgan fingerprint density at radius 1 is 1.11 bits per heavy atom. The zero-order valence-electron chi connectivity index (χ0n) is 11.2. The van der Waals surface area contributed by atoms with Gasteiger partial charge in [0.15, 0.2) is 0 Å². The van der Waals surface area contributed by atoms with Crippen LogP contribution in [-0.2, 0) is 17.6 Å². The molecular formula is C16H21NO2. The Bertz CT molecular complexity index is 474. The molecule has 1 aromatic carbocycles. The molecule has 0 amide bonds. The third-order valence-corrected chi connectivity index (χ3v) is 5.19. The highest BCUT2D eigenvalue weighted by molar-refractivity contribution is 5.79. The zero-order chi connectivity index (χ0) is 13.5. The normalized spacial score (nSPS) is 24.2. The van der Waals surface area contributed by atoms with Gasteiger partial charge in [-0.3, -0.25) is 4.79 Å². The fraction of sp³-hybridized carbons (Fsp3) is 0.562. The van der Waals surface area contributed by atoms with Gasteiger partial charge in [-0.15, -0.1) is 0 Å². The van der Waals surface area contributed by atoms with E-state index in [1.165, 1.54) is 11.1 Å². The van der Waals surface area contributed by atoms with Crippen LogP contribution in [0.1, 0.15) is 36.8 Å². The summed E-state index contributed by atoms with van der Waals surface area (Å²) in [7, 11) is 0. The quantitative estimate of drug-likeness (QED) is 0.848. The first-order valence-corrected chi connectivity index (χ1v) is 7.10. The molecule has 0 aromatic heterocycles. The molecule has 0 aliphatic heterocycles. The average molecular weight is 259 g/mol. The summed E-state index contributed by atoms with van der Waals surface area (Å²) in [6.07, 6.45) is 3.80. The van der Waals surface area contributed by atoms with Crippen molar-refractivity contribution in [1.82, 2.24) is 0 Å². The average Bonchev–Trinajstić information content (AvgIpc) is 2.83. The molecule has 102 valence electrons. The lowest BCUT2D eigenvalue weighted by Crippen LogP contribution is -2.55. The molecule has 0 unspecified atom stereocenters. The highest BCUT2D eigenvalue weighted by Crippen LogP contribution is 2.49. The summed E-state index contributed by atoms with van der Waals surface area (Å²) in [5.74, 6) is 0.271. The Labute approximate surface area is 113 Å². The number of rotatable bonds is 2. The second-order valence-electron chi connectivity index (χ2n) is 6.18. The van der Waals surface area contributed by atoms with Crippen molar-refractivity contribution in [2.75, 3.05) is 6.54 Å². The van der Waals surface area contributed by atoms with E-state index >= 15 is 0 Å². The summed E-state index contributed by atoms with van der Waals surface area (Å²) in [4.78, 5) is 11.4. The molecule has 0 radical (unpaired) electrons. The molecule has 3 nitrogen and oxygen atoms in total. The van der Waals surface area contributed by atoms with Gasteiger partial charge in [-0.2, -0.15) is 0 Å². The summed E-state index contributed by atoms with van der Waals surface area (Å²) < 4.78 is 0. The van der Waals surface area contributed by atoms with Crippen LogP contribution in [0, 0.1) is 5.41 Å². The molecule has 0 atom stereocenters. The summed E-state index contributed by atoms with van der Waals surface area (Å²) in [5.41, 5.74) is 7.60.